The van der Waals surface area contributed by atoms with Crippen LogP contribution in [0, 0.1) is 11.7 Å². The van der Waals surface area contributed by atoms with Gasteiger partial charge in [-0.25, -0.2) is 4.39 Å². The Bertz CT molecular complexity index is 492. The highest BCUT2D eigenvalue weighted by molar-refractivity contribution is 6.30. The number of rotatable bonds is 2. The van der Waals surface area contributed by atoms with Crippen LogP contribution >= 0.6 is 11.6 Å². The van der Waals surface area contributed by atoms with Crippen LogP contribution in [0.2, 0.25) is 5.02 Å². The summed E-state index contributed by atoms with van der Waals surface area (Å²) < 4.78 is 13.0. The maximum Gasteiger partial charge on any atom is 0.316 e. The van der Waals surface area contributed by atoms with Crippen molar-refractivity contribution in [3.05, 3.63) is 34.6 Å². The summed E-state index contributed by atoms with van der Waals surface area (Å²) in [4.78, 5) is 22.3. The molecule has 6 heteroatoms. The first-order chi connectivity index (χ1) is 8.00. The lowest BCUT2D eigenvalue weighted by Crippen LogP contribution is -2.26. The van der Waals surface area contributed by atoms with Gasteiger partial charge < -0.3 is 10.4 Å². The fraction of sp³-hybridized carbons (Fsp3) is 0.273. The van der Waals surface area contributed by atoms with Crippen molar-refractivity contribution in [1.29, 1.82) is 0 Å². The minimum absolute atomic E-state index is 0.0778. The summed E-state index contributed by atoms with van der Waals surface area (Å²) in [6, 6.07) is 3.97. The number of halogens is 2. The normalized spacial score (nSPS) is 23.5. The molecule has 1 fully saturated rings. The largest absolute Gasteiger partial charge is 0.481 e. The highest BCUT2D eigenvalue weighted by Crippen LogP contribution is 2.31. The SMILES string of the molecule is O=C(O)C1C(=O)NCC1c1ccc(F)c(Cl)c1. The van der Waals surface area contributed by atoms with E-state index in [9.17, 15) is 14.0 Å². The molecule has 2 N–H and O–H groups in total. The van der Waals surface area contributed by atoms with Crippen LogP contribution in [0.1, 0.15) is 11.5 Å². The predicted octanol–water partition coefficient (Wildman–Crippen LogP) is 1.39. The number of nitrogens with one attached hydrogen (secondary N) is 1. The van der Waals surface area contributed by atoms with E-state index in [4.69, 9.17) is 16.7 Å². The molecule has 0 saturated carbocycles. The van der Waals surface area contributed by atoms with Gasteiger partial charge in [0.15, 0.2) is 0 Å². The molecule has 90 valence electrons. The smallest absolute Gasteiger partial charge is 0.316 e. The Labute approximate surface area is 101 Å². The molecular formula is C11H9ClFNO3. The third-order valence-electron chi connectivity index (χ3n) is 2.82. The molecule has 17 heavy (non-hydrogen) atoms. The van der Waals surface area contributed by atoms with Gasteiger partial charge in [0.25, 0.3) is 0 Å². The quantitative estimate of drug-likeness (QED) is 0.787. The van der Waals surface area contributed by atoms with Crippen molar-refractivity contribution < 1.29 is 19.1 Å². The van der Waals surface area contributed by atoms with Crippen molar-refractivity contribution in [3.8, 4) is 0 Å². The number of amides is 1. The lowest BCUT2D eigenvalue weighted by Gasteiger charge is -2.13. The van der Waals surface area contributed by atoms with Crippen molar-refractivity contribution in [2.45, 2.75) is 5.92 Å². The zero-order valence-corrected chi connectivity index (χ0v) is 9.37. The minimum atomic E-state index is -1.19. The fourth-order valence-electron chi connectivity index (χ4n) is 1.96. The van der Waals surface area contributed by atoms with Crippen LogP contribution in [0.25, 0.3) is 0 Å². The lowest BCUT2D eigenvalue weighted by molar-refractivity contribution is -0.145. The molecule has 0 aromatic heterocycles. The summed E-state index contributed by atoms with van der Waals surface area (Å²) in [7, 11) is 0. The van der Waals surface area contributed by atoms with E-state index in [1.165, 1.54) is 18.2 Å². The molecule has 1 aromatic carbocycles. The molecule has 0 spiro atoms. The number of benzene rings is 1. The number of carboxylic acids is 1. The van der Waals surface area contributed by atoms with Crippen LogP contribution in [-0.2, 0) is 9.59 Å². The van der Waals surface area contributed by atoms with Gasteiger partial charge in [0.2, 0.25) is 5.91 Å². The number of hydrogen-bond donors (Lipinski definition) is 2. The van der Waals surface area contributed by atoms with E-state index >= 15 is 0 Å². The minimum Gasteiger partial charge on any atom is -0.481 e. The van der Waals surface area contributed by atoms with Gasteiger partial charge in [-0.15, -0.1) is 0 Å². The number of aliphatic carboxylic acids is 1. The molecule has 1 aromatic rings. The van der Waals surface area contributed by atoms with Gasteiger partial charge in [0.05, 0.1) is 5.02 Å². The molecule has 1 amide bonds. The fourth-order valence-corrected chi connectivity index (χ4v) is 2.15. The van der Waals surface area contributed by atoms with Gasteiger partial charge >= 0.3 is 5.97 Å². The standard InChI is InChI=1S/C11H9ClFNO3/c12-7-3-5(1-2-8(7)13)6-4-14-10(15)9(6)11(16)17/h1-3,6,9H,4H2,(H,14,15)(H,16,17). The number of hydrogen-bond acceptors (Lipinski definition) is 2. The van der Waals surface area contributed by atoms with Crippen molar-refractivity contribution in [2.24, 2.45) is 5.92 Å². The molecule has 1 saturated heterocycles. The monoisotopic (exact) mass is 257 g/mol. The zero-order chi connectivity index (χ0) is 12.6. The Balaban J connectivity index is 2.36. The predicted molar refractivity (Wildman–Crippen MR) is 58.3 cm³/mol. The average molecular weight is 258 g/mol. The molecule has 1 heterocycles. The summed E-state index contributed by atoms with van der Waals surface area (Å²) in [5, 5.41) is 11.4. The molecule has 1 aliphatic heterocycles. The Morgan fingerprint density at radius 2 is 2.24 bits per heavy atom. The van der Waals surface area contributed by atoms with Gasteiger partial charge in [0.1, 0.15) is 11.7 Å². The molecule has 0 bridgehead atoms. The first-order valence-corrected chi connectivity index (χ1v) is 5.34. The van der Waals surface area contributed by atoms with Crippen molar-refractivity contribution in [1.82, 2.24) is 5.32 Å². The van der Waals surface area contributed by atoms with Crippen LogP contribution in [0.3, 0.4) is 0 Å². The second-order valence-electron chi connectivity index (χ2n) is 3.84. The summed E-state index contributed by atoms with van der Waals surface area (Å²) in [6.07, 6.45) is 0. The van der Waals surface area contributed by atoms with Gasteiger partial charge in [-0.2, -0.15) is 0 Å². The molecule has 2 rings (SSSR count). The van der Waals surface area contributed by atoms with E-state index in [2.05, 4.69) is 5.32 Å². The van der Waals surface area contributed by atoms with E-state index in [1.54, 1.807) is 0 Å². The van der Waals surface area contributed by atoms with Crippen LogP contribution < -0.4 is 5.32 Å². The van der Waals surface area contributed by atoms with Gasteiger partial charge in [0, 0.05) is 12.5 Å². The third kappa shape index (κ3) is 2.10. The van der Waals surface area contributed by atoms with E-state index in [1.807, 2.05) is 0 Å². The lowest BCUT2D eigenvalue weighted by atomic mass is 9.88. The Kier molecular flexibility index (Phi) is 3.02. The third-order valence-corrected chi connectivity index (χ3v) is 3.11. The second-order valence-corrected chi connectivity index (χ2v) is 4.25. The molecule has 4 nitrogen and oxygen atoms in total. The first-order valence-electron chi connectivity index (χ1n) is 4.96. The maximum atomic E-state index is 13.0. The van der Waals surface area contributed by atoms with Crippen LogP contribution in [-0.4, -0.2) is 23.5 Å². The molecule has 0 aliphatic carbocycles. The van der Waals surface area contributed by atoms with E-state index in [-0.39, 0.29) is 11.6 Å². The van der Waals surface area contributed by atoms with E-state index in [0.29, 0.717) is 5.56 Å². The van der Waals surface area contributed by atoms with Crippen LogP contribution in [0.4, 0.5) is 4.39 Å². The average Bonchev–Trinajstić information content (AvgIpc) is 2.64. The molecule has 2 atom stereocenters. The highest BCUT2D eigenvalue weighted by atomic mass is 35.5. The van der Waals surface area contributed by atoms with Crippen molar-refractivity contribution in [2.75, 3.05) is 6.54 Å². The van der Waals surface area contributed by atoms with Gasteiger partial charge in [-0.3, -0.25) is 9.59 Å². The number of carboxylic acid groups (broad SMARTS) is 1. The van der Waals surface area contributed by atoms with Crippen LogP contribution in [0.15, 0.2) is 18.2 Å². The van der Waals surface area contributed by atoms with Crippen molar-refractivity contribution in [3.63, 3.8) is 0 Å². The Hall–Kier alpha value is -1.62. The summed E-state index contributed by atoms with van der Waals surface area (Å²) >= 11 is 5.63. The van der Waals surface area contributed by atoms with Crippen LogP contribution in [0.5, 0.6) is 0 Å². The molecule has 1 aliphatic rings. The summed E-state index contributed by atoms with van der Waals surface area (Å²) in [5.74, 6) is -3.94. The highest BCUT2D eigenvalue weighted by Gasteiger charge is 2.41. The first kappa shape index (κ1) is 11.9. The van der Waals surface area contributed by atoms with E-state index in [0.717, 1.165) is 0 Å². The number of carbonyl (C=O) groups excluding carboxylic acids is 1. The summed E-state index contributed by atoms with van der Waals surface area (Å²) in [5.41, 5.74) is 0.544. The second kappa shape index (κ2) is 4.33. The van der Waals surface area contributed by atoms with Gasteiger partial charge in [-0.1, -0.05) is 17.7 Å². The Morgan fingerprint density at radius 1 is 1.53 bits per heavy atom. The zero-order valence-electron chi connectivity index (χ0n) is 8.61. The maximum absolute atomic E-state index is 13.0. The molecule has 0 radical (unpaired) electrons. The summed E-state index contributed by atoms with van der Waals surface area (Å²) in [6.45, 7) is 0.220. The number of carbonyl (C=O) groups is 2. The molecular weight excluding hydrogens is 249 g/mol. The Morgan fingerprint density at radius 3 is 2.82 bits per heavy atom. The molecule has 2 unspecified atom stereocenters. The van der Waals surface area contributed by atoms with E-state index < -0.39 is 29.5 Å². The van der Waals surface area contributed by atoms with Crippen molar-refractivity contribution >= 4 is 23.5 Å². The van der Waals surface area contributed by atoms with Gasteiger partial charge in [-0.05, 0) is 17.7 Å². The topological polar surface area (TPSA) is 66.4 Å².